The number of Topliss-reactive ketones (excluding diaryl/α,β-unsaturated/α-hetero) is 2. The van der Waals surface area contributed by atoms with E-state index in [1.807, 2.05) is 0 Å². The molecule has 0 radical (unpaired) electrons. The summed E-state index contributed by atoms with van der Waals surface area (Å²) in [5, 5.41) is 0. The van der Waals surface area contributed by atoms with Gasteiger partial charge in [-0.15, -0.1) is 11.8 Å². The van der Waals surface area contributed by atoms with Crippen molar-refractivity contribution in [2.75, 3.05) is 25.6 Å². The van der Waals surface area contributed by atoms with Gasteiger partial charge in [0.2, 0.25) is 0 Å². The quantitative estimate of drug-likeness (QED) is 0.502. The Kier molecular flexibility index (Phi) is 4.87. The molecule has 0 aromatic carbocycles. The van der Waals surface area contributed by atoms with E-state index >= 15 is 0 Å². The van der Waals surface area contributed by atoms with Crippen LogP contribution in [0.5, 0.6) is 0 Å². The SMILES string of the molecule is N/C(=C1/CCC[C@@]2(SCCCC2=O)C1=O)c1nc2c(c(=O)[nH]1)COC[C@]21CCOC1. The summed E-state index contributed by atoms with van der Waals surface area (Å²) in [6.45, 7) is 1.67. The summed E-state index contributed by atoms with van der Waals surface area (Å²) in [6, 6.07) is 0. The maximum Gasteiger partial charge on any atom is 0.257 e. The average molecular weight is 432 g/mol. The number of hydrogen-bond acceptors (Lipinski definition) is 8. The molecule has 2 saturated heterocycles. The van der Waals surface area contributed by atoms with Gasteiger partial charge in [0, 0.05) is 18.6 Å². The van der Waals surface area contributed by atoms with Crippen molar-refractivity contribution in [2.45, 2.75) is 55.3 Å². The maximum absolute atomic E-state index is 13.4. The van der Waals surface area contributed by atoms with Crippen LogP contribution < -0.4 is 11.3 Å². The number of nitrogens with zero attached hydrogens (tertiary/aromatic N) is 1. The summed E-state index contributed by atoms with van der Waals surface area (Å²) in [7, 11) is 0. The average Bonchev–Trinajstić information content (AvgIpc) is 3.21. The van der Waals surface area contributed by atoms with Gasteiger partial charge >= 0.3 is 0 Å². The van der Waals surface area contributed by atoms with Gasteiger partial charge in [-0.1, -0.05) is 0 Å². The first-order valence-electron chi connectivity index (χ1n) is 10.5. The molecule has 9 heteroatoms. The molecule has 2 spiro atoms. The van der Waals surface area contributed by atoms with Crippen LogP contribution in [0.1, 0.15) is 55.6 Å². The molecular formula is C21H25N3O5S. The molecule has 160 valence electrons. The van der Waals surface area contributed by atoms with Crippen molar-refractivity contribution in [2.24, 2.45) is 5.73 Å². The van der Waals surface area contributed by atoms with E-state index in [9.17, 15) is 14.4 Å². The molecule has 4 heterocycles. The molecule has 5 rings (SSSR count). The highest BCUT2D eigenvalue weighted by Crippen LogP contribution is 2.45. The summed E-state index contributed by atoms with van der Waals surface area (Å²) in [6.07, 6.45) is 3.71. The van der Waals surface area contributed by atoms with Crippen molar-refractivity contribution in [1.29, 1.82) is 0 Å². The number of aromatic amines is 1. The lowest BCUT2D eigenvalue weighted by Crippen LogP contribution is -2.49. The Labute approximate surface area is 178 Å². The molecule has 0 bridgehead atoms. The molecule has 3 fully saturated rings. The lowest BCUT2D eigenvalue weighted by Gasteiger charge is -2.38. The number of ketones is 2. The molecule has 1 aliphatic carbocycles. The van der Waals surface area contributed by atoms with Crippen molar-refractivity contribution in [3.63, 3.8) is 0 Å². The smallest absolute Gasteiger partial charge is 0.257 e. The fourth-order valence-corrected chi connectivity index (χ4v) is 6.52. The summed E-state index contributed by atoms with van der Waals surface area (Å²) >= 11 is 1.45. The van der Waals surface area contributed by atoms with Crippen molar-refractivity contribution in [3.8, 4) is 0 Å². The first kappa shape index (κ1) is 20.0. The van der Waals surface area contributed by atoms with E-state index in [0.717, 1.165) is 18.6 Å². The Hall–Kier alpha value is -1.97. The minimum absolute atomic E-state index is 0.000139. The molecule has 3 N–H and O–H groups in total. The topological polar surface area (TPSA) is 124 Å². The lowest BCUT2D eigenvalue weighted by atomic mass is 9.78. The van der Waals surface area contributed by atoms with Gasteiger partial charge in [-0.25, -0.2) is 4.98 Å². The lowest BCUT2D eigenvalue weighted by molar-refractivity contribution is -0.130. The number of carbonyl (C=O) groups excluding carboxylic acids is 2. The molecule has 1 aromatic rings. The van der Waals surface area contributed by atoms with Crippen LogP contribution in [-0.2, 0) is 31.1 Å². The van der Waals surface area contributed by atoms with Crippen molar-refractivity contribution in [1.82, 2.24) is 9.97 Å². The molecule has 4 aliphatic rings. The van der Waals surface area contributed by atoms with E-state index in [4.69, 9.17) is 20.2 Å². The summed E-state index contributed by atoms with van der Waals surface area (Å²) in [5.74, 6) is 0.796. The number of carbonyl (C=O) groups is 2. The minimum Gasteiger partial charge on any atom is -0.395 e. The third-order valence-corrected chi connectivity index (χ3v) is 8.37. The third kappa shape index (κ3) is 2.90. The predicted octanol–water partition coefficient (Wildman–Crippen LogP) is 1.22. The van der Waals surface area contributed by atoms with Crippen LogP contribution in [0.3, 0.4) is 0 Å². The molecular weight excluding hydrogens is 406 g/mol. The number of nitrogens with two attached hydrogens (primary N) is 1. The van der Waals surface area contributed by atoms with E-state index in [2.05, 4.69) is 4.98 Å². The molecule has 3 aliphatic heterocycles. The molecule has 2 atom stereocenters. The van der Waals surface area contributed by atoms with E-state index in [1.54, 1.807) is 0 Å². The number of ether oxygens (including phenoxy) is 2. The molecule has 0 amide bonds. The minimum atomic E-state index is -1.01. The Morgan fingerprint density at radius 3 is 2.70 bits per heavy atom. The number of allylic oxidation sites excluding steroid dienone is 1. The largest absolute Gasteiger partial charge is 0.395 e. The second-order valence-electron chi connectivity index (χ2n) is 8.59. The molecule has 8 nitrogen and oxygen atoms in total. The molecule has 0 unspecified atom stereocenters. The third-order valence-electron chi connectivity index (χ3n) is 6.77. The molecule has 1 saturated carbocycles. The van der Waals surface area contributed by atoms with Crippen molar-refractivity contribution < 1.29 is 19.1 Å². The van der Waals surface area contributed by atoms with Gasteiger partial charge in [-0.05, 0) is 37.9 Å². The number of fused-ring (bicyclic) bond motifs is 2. The molecule has 1 aromatic heterocycles. The number of H-pyrrole nitrogens is 1. The van der Waals surface area contributed by atoms with Crippen LogP contribution in [0.4, 0.5) is 0 Å². The number of hydrogen-bond donors (Lipinski definition) is 2. The fraction of sp³-hybridized carbons (Fsp3) is 0.619. The number of aromatic nitrogens is 2. The fourth-order valence-electron chi connectivity index (χ4n) is 5.07. The summed E-state index contributed by atoms with van der Waals surface area (Å²) in [5.41, 5.74) is 7.43. The van der Waals surface area contributed by atoms with E-state index < -0.39 is 10.2 Å². The van der Waals surface area contributed by atoms with Crippen LogP contribution in [-0.4, -0.2) is 51.9 Å². The van der Waals surface area contributed by atoms with Crippen LogP contribution in [0.25, 0.3) is 5.70 Å². The van der Waals surface area contributed by atoms with E-state index in [0.29, 0.717) is 62.3 Å². The molecule has 30 heavy (non-hydrogen) atoms. The van der Waals surface area contributed by atoms with Gasteiger partial charge < -0.3 is 20.2 Å². The van der Waals surface area contributed by atoms with Gasteiger partial charge in [0.1, 0.15) is 4.75 Å². The van der Waals surface area contributed by atoms with Crippen molar-refractivity contribution in [3.05, 3.63) is 33.0 Å². The highest BCUT2D eigenvalue weighted by molar-refractivity contribution is 8.02. The van der Waals surface area contributed by atoms with Crippen LogP contribution >= 0.6 is 11.8 Å². The highest BCUT2D eigenvalue weighted by atomic mass is 32.2. The number of thioether (sulfide) groups is 1. The van der Waals surface area contributed by atoms with Crippen LogP contribution in [0, 0.1) is 0 Å². The van der Waals surface area contributed by atoms with E-state index in [1.165, 1.54) is 11.8 Å². The predicted molar refractivity (Wildman–Crippen MR) is 111 cm³/mol. The van der Waals surface area contributed by atoms with Gasteiger partial charge in [0.05, 0.1) is 42.2 Å². The summed E-state index contributed by atoms with van der Waals surface area (Å²) < 4.78 is 10.2. The van der Waals surface area contributed by atoms with Gasteiger partial charge in [0.15, 0.2) is 17.4 Å². The zero-order valence-electron chi connectivity index (χ0n) is 16.8. The van der Waals surface area contributed by atoms with E-state index in [-0.39, 0.29) is 35.3 Å². The van der Waals surface area contributed by atoms with Crippen LogP contribution in [0.15, 0.2) is 10.4 Å². The zero-order valence-corrected chi connectivity index (χ0v) is 17.6. The first-order chi connectivity index (χ1) is 14.5. The Morgan fingerprint density at radius 1 is 1.10 bits per heavy atom. The second-order valence-corrected chi connectivity index (χ2v) is 9.99. The Balaban J connectivity index is 1.59. The second kappa shape index (κ2) is 7.32. The van der Waals surface area contributed by atoms with Gasteiger partial charge in [0.25, 0.3) is 5.56 Å². The monoisotopic (exact) mass is 431 g/mol. The Bertz CT molecular complexity index is 1010. The standard InChI is InChI=1S/C21H25N3O5S/c22-15(12-3-1-5-21(17(12)26)14(25)4-2-8-30-21)18-23-16-13(19(27)24-18)9-29-11-20(16)6-7-28-10-20/h1-11,22H2,(H,23,24,27)/b15-12-/t20-,21+/m1/s1. The highest BCUT2D eigenvalue weighted by Gasteiger charge is 2.50. The first-order valence-corrected chi connectivity index (χ1v) is 11.5. The normalized spacial score (nSPS) is 33.2. The summed E-state index contributed by atoms with van der Waals surface area (Å²) in [4.78, 5) is 46.4. The maximum atomic E-state index is 13.4. The number of nitrogens with one attached hydrogen (secondary N) is 1. The van der Waals surface area contributed by atoms with Crippen molar-refractivity contribution >= 4 is 29.0 Å². The van der Waals surface area contributed by atoms with Crippen LogP contribution in [0.2, 0.25) is 0 Å². The van der Waals surface area contributed by atoms with Gasteiger partial charge in [-0.3, -0.25) is 14.4 Å². The zero-order chi connectivity index (χ0) is 20.9. The Morgan fingerprint density at radius 2 is 1.93 bits per heavy atom. The van der Waals surface area contributed by atoms with Gasteiger partial charge in [-0.2, -0.15) is 0 Å². The number of rotatable bonds is 1.